The van der Waals surface area contributed by atoms with Gasteiger partial charge in [-0.3, -0.25) is 46.1 Å². The summed E-state index contributed by atoms with van der Waals surface area (Å²) in [5.74, 6) is -1.66. The summed E-state index contributed by atoms with van der Waals surface area (Å²) in [7, 11) is 3.47. The van der Waals surface area contributed by atoms with Gasteiger partial charge in [0.1, 0.15) is 17.7 Å². The number of amides is 3. The van der Waals surface area contributed by atoms with Crippen LogP contribution in [0.15, 0.2) is 97.8 Å². The third-order valence-corrected chi connectivity index (χ3v) is 14.3. The van der Waals surface area contributed by atoms with E-state index in [1.54, 1.807) is 60.8 Å². The van der Waals surface area contributed by atoms with Crippen LogP contribution in [0.5, 0.6) is 0 Å². The van der Waals surface area contributed by atoms with Gasteiger partial charge in [0.25, 0.3) is 5.91 Å². The molecule has 0 spiro atoms. The molecule has 6 heterocycles. The van der Waals surface area contributed by atoms with Crippen LogP contribution in [0.3, 0.4) is 0 Å². The molecule has 4 atom stereocenters. The second-order valence-corrected chi connectivity index (χ2v) is 19.9. The van der Waals surface area contributed by atoms with Crippen molar-refractivity contribution in [2.45, 2.75) is 62.7 Å². The number of aromatic carboxylic acids is 1. The van der Waals surface area contributed by atoms with E-state index in [0.29, 0.717) is 49.8 Å². The average Bonchev–Trinajstić information content (AvgIpc) is 3.79. The lowest BCUT2D eigenvalue weighted by molar-refractivity contribution is -0.128. The van der Waals surface area contributed by atoms with E-state index in [-0.39, 0.29) is 84.9 Å². The molecule has 4 unspecified atom stereocenters. The zero-order valence-electron chi connectivity index (χ0n) is 41.8. The summed E-state index contributed by atoms with van der Waals surface area (Å²) >= 11 is 23.4. The summed E-state index contributed by atoms with van der Waals surface area (Å²) in [5, 5.41) is 18.9. The summed E-state index contributed by atoms with van der Waals surface area (Å²) in [5.41, 5.74) is 23.7. The first-order chi connectivity index (χ1) is 37.0. The number of halogens is 5. The first-order valence-electron chi connectivity index (χ1n) is 24.1. The van der Waals surface area contributed by atoms with Crippen molar-refractivity contribution in [3.05, 3.63) is 175 Å². The predicted molar refractivity (Wildman–Crippen MR) is 301 cm³/mol. The number of carbonyl (C=O) groups excluding carboxylic acids is 3. The predicted octanol–water partition coefficient (Wildman–Crippen LogP) is 6.15. The molecule has 2 aromatic carbocycles. The highest BCUT2D eigenvalue weighted by Crippen LogP contribution is 2.35. The molecule has 0 radical (unpaired) electrons. The standard InChI is InChI=1S/C26H25ClFN7O2S.C21H17ClFN5O2S.C5H10N2O.ClH/c1-35-10-8-21(25(35)37)31-24(36)15-11-19(27)23(30-12-15)33-34-26(38)32-22-17-3-2-4-20(28)16(17)6-5-14-7-9-29-13-18(14)22;22-16-8-12(20(29)30)9-25-19(16)27-28-21(31)26-18-14-2-1-3-17(23)13(14)5-4-11-6-7-24-10-15(11)18;1-7-3-2-4(6)5(7)8;/h2-4,7,9,11-13,21-22H,5-6,8,10H2,1H3,(H,30,33)(H,31,36)(H2,32,34,38);1-3,6-10,18H,4-5H2,(H,25,27)(H,29,30)(H2,26,28,31);4H,2-3,6H2,1H3;1H. The maximum atomic E-state index is 14.7. The Morgan fingerprint density at radius 2 is 1.14 bits per heavy atom. The van der Waals surface area contributed by atoms with Crippen molar-refractivity contribution >= 4 is 106 Å². The number of nitrogens with zero attached hydrogens (tertiary/aromatic N) is 6. The number of aromatic nitrogens is 4. The van der Waals surface area contributed by atoms with E-state index in [9.17, 15) is 28.0 Å². The van der Waals surface area contributed by atoms with Crippen molar-refractivity contribution in [1.29, 1.82) is 0 Å². The van der Waals surface area contributed by atoms with Crippen molar-refractivity contribution < 1.29 is 33.1 Å². The van der Waals surface area contributed by atoms with Gasteiger partial charge in [0.05, 0.1) is 39.3 Å². The summed E-state index contributed by atoms with van der Waals surface area (Å²) < 4.78 is 29.2. The zero-order valence-corrected chi connectivity index (χ0v) is 45.7. The number of anilines is 2. The third kappa shape index (κ3) is 13.8. The number of rotatable bonds is 9. The maximum absolute atomic E-state index is 14.7. The largest absolute Gasteiger partial charge is 0.478 e. The van der Waals surface area contributed by atoms with Gasteiger partial charge in [-0.15, -0.1) is 12.4 Å². The average molecular weight is 1160 g/mol. The molecule has 4 aliphatic rings. The number of aryl methyl sites for hydroxylation is 2. The number of carboxylic acids is 1. The Hall–Kier alpha value is -7.41. The highest BCUT2D eigenvalue weighted by Gasteiger charge is 2.32. The number of likely N-dealkylation sites (tertiary alicyclic amines) is 2. The van der Waals surface area contributed by atoms with E-state index >= 15 is 0 Å². The lowest BCUT2D eigenvalue weighted by atomic mass is 9.96. The van der Waals surface area contributed by atoms with Crippen LogP contribution in [-0.2, 0) is 35.3 Å². The zero-order chi connectivity index (χ0) is 54.9. The Labute approximate surface area is 474 Å². The van der Waals surface area contributed by atoms with Gasteiger partial charge in [-0.2, -0.15) is 0 Å². The number of pyridine rings is 4. The number of hydrogen-bond donors (Lipinski definition) is 9. The molecular formula is C52H53Cl3F2N14O5S2. The molecule has 2 aliphatic carbocycles. The topological polar surface area (TPSA) is 257 Å². The van der Waals surface area contributed by atoms with Crippen LogP contribution in [0, 0.1) is 11.6 Å². The molecule has 10 N–H and O–H groups in total. The van der Waals surface area contributed by atoms with Gasteiger partial charge in [0, 0.05) is 75.5 Å². The first-order valence-corrected chi connectivity index (χ1v) is 25.7. The Balaban J connectivity index is 0.000000198. The number of thiocarbonyl (C=S) groups is 2. The minimum atomic E-state index is -1.13. The van der Waals surface area contributed by atoms with Gasteiger partial charge in [-0.25, -0.2) is 23.5 Å². The second kappa shape index (κ2) is 26.3. The Morgan fingerprint density at radius 1 is 0.667 bits per heavy atom. The van der Waals surface area contributed by atoms with Crippen LogP contribution >= 0.6 is 60.0 Å². The number of carbonyl (C=O) groups is 4. The van der Waals surface area contributed by atoms with Gasteiger partial charge >= 0.3 is 5.97 Å². The summed E-state index contributed by atoms with van der Waals surface area (Å²) in [6, 6.07) is 15.0. The van der Waals surface area contributed by atoms with Gasteiger partial charge in [0.15, 0.2) is 21.9 Å². The van der Waals surface area contributed by atoms with E-state index in [0.717, 1.165) is 46.3 Å². The minimum absolute atomic E-state index is 0. The Morgan fingerprint density at radius 3 is 1.56 bits per heavy atom. The normalized spacial score (nSPS) is 17.7. The molecule has 26 heteroatoms. The molecule has 0 saturated carbocycles. The smallest absolute Gasteiger partial charge is 0.337 e. The Kier molecular flexibility index (Phi) is 19.6. The van der Waals surface area contributed by atoms with E-state index in [1.165, 1.54) is 36.7 Å². The van der Waals surface area contributed by atoms with Crippen LogP contribution in [0.25, 0.3) is 0 Å². The number of nitrogens with two attached hydrogens (primary N) is 1. The second-order valence-electron chi connectivity index (χ2n) is 18.2. The van der Waals surface area contributed by atoms with Crippen LogP contribution in [0.1, 0.15) is 90.1 Å². The van der Waals surface area contributed by atoms with Gasteiger partial charge in [0.2, 0.25) is 11.8 Å². The van der Waals surface area contributed by atoms with Crippen LogP contribution in [0.2, 0.25) is 10.0 Å². The molecule has 10 rings (SSSR count). The van der Waals surface area contributed by atoms with E-state index in [1.807, 2.05) is 24.3 Å². The van der Waals surface area contributed by atoms with E-state index in [4.69, 9.17) is 58.5 Å². The molecule has 2 saturated heterocycles. The molecule has 4 aromatic heterocycles. The minimum Gasteiger partial charge on any atom is -0.478 e. The number of benzene rings is 2. The molecule has 78 heavy (non-hydrogen) atoms. The van der Waals surface area contributed by atoms with Gasteiger partial charge in [-0.05, 0) is 133 Å². The monoisotopic (exact) mass is 1160 g/mol. The summed E-state index contributed by atoms with van der Waals surface area (Å²) in [6.45, 7) is 1.41. The number of hydrogen-bond acceptors (Lipinski definition) is 13. The van der Waals surface area contributed by atoms with Crippen molar-refractivity contribution in [2.75, 3.05) is 38.0 Å². The van der Waals surface area contributed by atoms with Gasteiger partial charge < -0.3 is 36.6 Å². The fraction of sp³-hybridized carbons (Fsp3) is 0.269. The number of carboxylic acid groups (broad SMARTS) is 1. The van der Waals surface area contributed by atoms with Crippen LogP contribution in [-0.4, -0.2) is 108 Å². The first kappa shape index (κ1) is 58.3. The number of nitrogens with one attached hydrogen (secondary N) is 7. The molecule has 0 bridgehead atoms. The fourth-order valence-electron chi connectivity index (χ4n) is 9.15. The quantitative estimate of drug-likeness (QED) is 0.0581. The van der Waals surface area contributed by atoms with Crippen molar-refractivity contribution in [3.8, 4) is 0 Å². The SMILES string of the molecule is CN1CCC(N)C1=O.CN1CCC(NC(=O)c2cnc(NNC(=S)NC3c4cnccc4CCc4c(F)cccc43)c(Cl)c2)C1=O.Cl.O=C(O)c1cnc(NNC(=S)NC2c3cnccc3CCc3c(F)cccc32)c(Cl)c1. The third-order valence-electron chi connectivity index (χ3n) is 13.3. The molecule has 19 nitrogen and oxygen atoms in total. The van der Waals surface area contributed by atoms with Crippen molar-refractivity contribution in [2.24, 2.45) is 5.73 Å². The van der Waals surface area contributed by atoms with Crippen LogP contribution in [0.4, 0.5) is 20.4 Å². The molecule has 2 fully saturated rings. The number of likely N-dealkylation sites (N-methyl/N-ethyl adjacent to an activating group) is 2. The van der Waals surface area contributed by atoms with E-state index < -0.39 is 30.0 Å². The Bertz CT molecular complexity index is 3250. The molecule has 408 valence electrons. The highest BCUT2D eigenvalue weighted by atomic mass is 35.5. The lowest BCUT2D eigenvalue weighted by Crippen LogP contribution is -2.41. The van der Waals surface area contributed by atoms with Crippen LogP contribution < -0.4 is 43.4 Å². The molecule has 2 aliphatic heterocycles. The molecular weight excluding hydrogens is 1110 g/mol. The number of hydrazine groups is 2. The summed E-state index contributed by atoms with van der Waals surface area (Å²) in [4.78, 5) is 66.3. The van der Waals surface area contributed by atoms with E-state index in [2.05, 4.69) is 57.6 Å². The molecule has 3 amide bonds. The fourth-order valence-corrected chi connectivity index (χ4v) is 9.91. The maximum Gasteiger partial charge on any atom is 0.337 e. The highest BCUT2D eigenvalue weighted by molar-refractivity contribution is 7.80. The molecule has 6 aromatic rings. The summed E-state index contributed by atoms with van der Waals surface area (Å²) in [6.07, 6.45) is 13.4. The number of fused-ring (bicyclic) bond motifs is 4. The van der Waals surface area contributed by atoms with Crippen molar-refractivity contribution in [3.63, 3.8) is 0 Å². The van der Waals surface area contributed by atoms with Gasteiger partial charge in [-0.1, -0.05) is 47.5 Å². The van der Waals surface area contributed by atoms with Crippen molar-refractivity contribution in [1.82, 2.24) is 56.5 Å². The lowest BCUT2D eigenvalue weighted by Gasteiger charge is -2.23.